The monoisotopic (exact) mass is 1490 g/mol. The van der Waals surface area contributed by atoms with Gasteiger partial charge in [-0.15, -0.1) is 23.2 Å². The Labute approximate surface area is 654 Å². The zero-order valence-electron chi connectivity index (χ0n) is 71.4. The molecule has 0 aliphatic rings. The molecule has 0 aromatic heterocycles. The van der Waals surface area contributed by atoms with Crippen molar-refractivity contribution in [3.8, 4) is 34.5 Å². The van der Waals surface area contributed by atoms with Crippen LogP contribution in [0.5, 0.6) is 34.5 Å². The first-order valence-electron chi connectivity index (χ1n) is 39.4. The van der Waals surface area contributed by atoms with Gasteiger partial charge in [0.25, 0.3) is 0 Å². The van der Waals surface area contributed by atoms with E-state index in [1.165, 1.54) is 107 Å². The number of benzene rings is 3. The minimum Gasteiger partial charge on any atom is -0.496 e. The van der Waals surface area contributed by atoms with E-state index in [4.69, 9.17) is 51.6 Å². The van der Waals surface area contributed by atoms with Crippen LogP contribution in [0, 0.1) is 80.1 Å². The normalized spacial score (nSPS) is 14.2. The van der Waals surface area contributed by atoms with E-state index in [-0.39, 0.29) is 24.6 Å². The van der Waals surface area contributed by atoms with E-state index in [0.717, 1.165) is 212 Å². The molecule has 5 atom stereocenters. The van der Waals surface area contributed by atoms with E-state index in [1.807, 2.05) is 6.92 Å². The first-order chi connectivity index (χ1) is 47.8. The van der Waals surface area contributed by atoms with E-state index in [9.17, 15) is 5.11 Å². The lowest BCUT2D eigenvalue weighted by atomic mass is 9.88. The van der Waals surface area contributed by atoms with Crippen molar-refractivity contribution in [1.29, 1.82) is 0 Å². The van der Waals surface area contributed by atoms with Crippen molar-refractivity contribution in [1.82, 2.24) is 0 Å². The number of aliphatic hydroxyl groups is 1. The molecule has 0 bridgehead atoms. The maximum Gasteiger partial charge on any atom is 0.125 e. The Kier molecular flexibility index (Phi) is 51.2. The average Bonchev–Trinajstić information content (AvgIpc) is 0.802. The molecule has 9 heteroatoms. The van der Waals surface area contributed by atoms with E-state index < -0.39 is 5.60 Å². The Morgan fingerprint density at radius 3 is 0.904 bits per heavy atom. The highest BCUT2D eigenvalue weighted by molar-refractivity contribution is 6.24. The molecule has 0 amide bonds. The summed E-state index contributed by atoms with van der Waals surface area (Å²) in [6.07, 6.45) is 43.6. The molecule has 5 unspecified atom stereocenters. The van der Waals surface area contributed by atoms with Crippen LogP contribution in [0.1, 0.15) is 340 Å². The van der Waals surface area contributed by atoms with Gasteiger partial charge in [-0.1, -0.05) is 164 Å². The molecule has 104 heavy (non-hydrogen) atoms. The van der Waals surface area contributed by atoms with E-state index in [2.05, 4.69) is 196 Å². The largest absolute Gasteiger partial charge is 0.496 e. The number of rotatable bonds is 45. The van der Waals surface area contributed by atoms with Crippen LogP contribution in [0.3, 0.4) is 0 Å². The molecule has 0 heterocycles. The van der Waals surface area contributed by atoms with Gasteiger partial charge in [0.05, 0.1) is 48.3 Å². The molecule has 0 saturated carbocycles. The predicted octanol–water partition coefficient (Wildman–Crippen LogP) is 29.5. The van der Waals surface area contributed by atoms with Gasteiger partial charge in [0.15, 0.2) is 0 Å². The maximum atomic E-state index is 11.0. The highest BCUT2D eigenvalue weighted by atomic mass is 35.5. The zero-order chi connectivity index (χ0) is 77.7. The first-order valence-corrected chi connectivity index (χ1v) is 40.2. The summed E-state index contributed by atoms with van der Waals surface area (Å²) in [4.78, 5) is -0.435. The van der Waals surface area contributed by atoms with Crippen LogP contribution in [0.4, 0.5) is 0 Å². The van der Waals surface area contributed by atoms with E-state index in [0.29, 0.717) is 6.42 Å². The number of alkyl halides is 2. The third kappa shape index (κ3) is 38.0. The van der Waals surface area contributed by atoms with E-state index in [1.54, 1.807) is 42.7 Å². The van der Waals surface area contributed by atoms with Gasteiger partial charge in [0.1, 0.15) is 34.5 Å². The molecule has 0 fully saturated rings. The molecule has 7 nitrogen and oxygen atoms in total. The summed E-state index contributed by atoms with van der Waals surface area (Å²) >= 11 is 14.0. The quantitative estimate of drug-likeness (QED) is 0.0446. The highest BCUT2D eigenvalue weighted by Gasteiger charge is 2.28. The molecular formula is C95H162Cl2O7. The van der Waals surface area contributed by atoms with Gasteiger partial charge in [-0.2, -0.15) is 0 Å². The molecule has 1 N–H and O–H groups in total. The molecule has 3 rings (SSSR count). The molecule has 3 aromatic carbocycles. The standard InChI is InChI=1S/C31H55ClO2.C31H49ClO2.C31H50O3.2CH4/c3*1-22(2)14-11-15-23(3)16-12-17-24(4)18-13-20-31(8,32)21-19-28-27(7)29(33-9)25(5)26(6)30(28)34-10;;/h22-24H,11-21H2,1-10H3;14,16,18H,11-13,15,17,19-21H2,1-10H3;14,16,18,32H,11-13,15,17,19-21H2,1-10H3;2*1H4/b;2*23-16+,24-18+;;. The Hall–Kier alpha value is -4.56. The first kappa shape index (κ1) is 101. The van der Waals surface area contributed by atoms with Gasteiger partial charge in [0.2, 0.25) is 0 Å². The molecule has 0 aliphatic heterocycles. The van der Waals surface area contributed by atoms with Gasteiger partial charge < -0.3 is 33.5 Å². The summed E-state index contributed by atoms with van der Waals surface area (Å²) in [6, 6.07) is 0. The number of halogens is 2. The topological polar surface area (TPSA) is 75.6 Å². The second kappa shape index (κ2) is 52.5. The third-order valence-electron chi connectivity index (χ3n) is 21.7. The minimum absolute atomic E-state index is 0. The molecule has 0 aliphatic carbocycles. The SMILES string of the molecule is C.C.COc1c(C)c(C)c(OC)c(CCC(C)(Cl)CC/C=C(\C)CC/C=C(\C)CCC=C(C)C)c1C.COc1c(C)c(C)c(OC)c(CCC(C)(Cl)CCCC(C)CCCC(C)CCCC(C)C)c1C.COc1c(C)c(C)c(OC)c(CCC(C)(O)CC/C=C(\C)CC/C=C(\C)CCC=C(C)C)c1C. The number of hydrogen-bond donors (Lipinski definition) is 1. The number of hydrogen-bond acceptors (Lipinski definition) is 7. The molecular weight excluding hydrogens is 1320 g/mol. The fourth-order valence-corrected chi connectivity index (χ4v) is 14.8. The summed E-state index contributed by atoms with van der Waals surface area (Å²) in [6.45, 7) is 52.3. The average molecular weight is 1490 g/mol. The molecule has 0 spiro atoms. The van der Waals surface area contributed by atoms with Crippen LogP contribution in [0.15, 0.2) is 69.9 Å². The number of ether oxygens (including phenoxy) is 6. The number of methoxy groups -OCH3 is 6. The van der Waals surface area contributed by atoms with Crippen LogP contribution in [0.25, 0.3) is 0 Å². The molecule has 598 valence electrons. The van der Waals surface area contributed by atoms with Gasteiger partial charge in [-0.25, -0.2) is 0 Å². The Bertz CT molecular complexity index is 3000. The van der Waals surface area contributed by atoms with Gasteiger partial charge >= 0.3 is 0 Å². The lowest BCUT2D eigenvalue weighted by Gasteiger charge is -2.25. The molecule has 0 radical (unpaired) electrons. The third-order valence-corrected chi connectivity index (χ3v) is 22.5. The Morgan fingerprint density at radius 1 is 0.337 bits per heavy atom. The lowest BCUT2D eigenvalue weighted by Crippen LogP contribution is -2.25. The van der Waals surface area contributed by atoms with Crippen molar-refractivity contribution < 1.29 is 33.5 Å². The second-order valence-electron chi connectivity index (χ2n) is 32.4. The maximum absolute atomic E-state index is 11.0. The highest BCUT2D eigenvalue weighted by Crippen LogP contribution is 2.43. The van der Waals surface area contributed by atoms with Crippen molar-refractivity contribution in [3.05, 3.63) is 137 Å². The number of allylic oxidation sites excluding steroid dienone is 12. The minimum atomic E-state index is -0.721. The fraction of sp³-hybridized carbons (Fsp3) is 0.684. The summed E-state index contributed by atoms with van der Waals surface area (Å²) in [7, 11) is 10.5. The Morgan fingerprint density at radius 2 is 0.596 bits per heavy atom. The second-order valence-corrected chi connectivity index (χ2v) is 34.3. The van der Waals surface area contributed by atoms with Gasteiger partial charge in [-0.05, 0) is 328 Å². The van der Waals surface area contributed by atoms with Crippen LogP contribution in [-0.4, -0.2) is 63.1 Å². The van der Waals surface area contributed by atoms with Crippen LogP contribution in [-0.2, 0) is 19.3 Å². The summed E-state index contributed by atoms with van der Waals surface area (Å²) in [5.41, 5.74) is 21.8. The predicted molar refractivity (Wildman–Crippen MR) is 463 cm³/mol. The summed E-state index contributed by atoms with van der Waals surface area (Å²) in [5.74, 6) is 8.27. The van der Waals surface area contributed by atoms with Crippen molar-refractivity contribution in [3.63, 3.8) is 0 Å². The van der Waals surface area contributed by atoms with Gasteiger partial charge in [-0.3, -0.25) is 0 Å². The van der Waals surface area contributed by atoms with Crippen molar-refractivity contribution >= 4 is 23.2 Å². The van der Waals surface area contributed by atoms with E-state index >= 15 is 0 Å². The molecule has 0 saturated heterocycles. The summed E-state index contributed by atoms with van der Waals surface area (Å²) < 4.78 is 34.4. The Balaban J connectivity index is 0. The van der Waals surface area contributed by atoms with Crippen molar-refractivity contribution in [2.75, 3.05) is 42.7 Å². The van der Waals surface area contributed by atoms with Crippen LogP contribution in [0.2, 0.25) is 0 Å². The zero-order valence-corrected chi connectivity index (χ0v) is 73.0. The smallest absolute Gasteiger partial charge is 0.125 e. The fourth-order valence-electron chi connectivity index (χ4n) is 14.4. The van der Waals surface area contributed by atoms with Crippen LogP contribution < -0.4 is 28.4 Å². The molecule has 3 aromatic rings. The van der Waals surface area contributed by atoms with Gasteiger partial charge in [0, 0.05) is 26.4 Å². The van der Waals surface area contributed by atoms with Crippen LogP contribution >= 0.6 is 23.2 Å². The summed E-state index contributed by atoms with van der Waals surface area (Å²) in [5, 5.41) is 11.0. The van der Waals surface area contributed by atoms with Crippen molar-refractivity contribution in [2.24, 2.45) is 17.8 Å². The lowest BCUT2D eigenvalue weighted by molar-refractivity contribution is 0.0430. The van der Waals surface area contributed by atoms with Crippen molar-refractivity contribution in [2.45, 2.75) is 370 Å².